The minimum Gasteiger partial charge on any atom is -0.379 e. The maximum Gasteiger partial charge on any atom is 0.105 e. The van der Waals surface area contributed by atoms with E-state index in [1.54, 1.807) is 0 Å². The number of hydrogen-bond acceptors (Lipinski definition) is 2. The Hall–Kier alpha value is -0.0800. The van der Waals surface area contributed by atoms with E-state index in [9.17, 15) is 0 Å². The number of nitrogens with one attached hydrogen (secondary N) is 1. The Bertz CT molecular complexity index is 45.8. The molecular weight excluding hydrogens is 102 g/mol. The monoisotopic (exact) mass is 116 g/mol. The molecule has 0 aliphatic carbocycles. The van der Waals surface area contributed by atoms with E-state index in [4.69, 9.17) is 5.11 Å². The molecule has 1 radical (unpaired) electrons. The zero-order chi connectivity index (χ0) is 6.41. The lowest BCUT2D eigenvalue weighted by Crippen LogP contribution is -2.26. The van der Waals surface area contributed by atoms with E-state index in [1.807, 2.05) is 0 Å². The lowest BCUT2D eigenvalue weighted by Gasteiger charge is -2.03. The first-order valence-corrected chi connectivity index (χ1v) is 3.02. The van der Waals surface area contributed by atoms with Crippen LogP contribution in [0.2, 0.25) is 0 Å². The quantitative estimate of drug-likeness (QED) is 0.415. The van der Waals surface area contributed by atoms with Crippen LogP contribution in [0.3, 0.4) is 0 Å². The Morgan fingerprint density at radius 1 is 1.75 bits per heavy atom. The smallest absolute Gasteiger partial charge is 0.105 e. The molecule has 1 atom stereocenters. The average Bonchev–Trinajstić information content (AvgIpc) is 1.66. The molecule has 0 amide bonds. The van der Waals surface area contributed by atoms with E-state index in [1.165, 1.54) is 0 Å². The van der Waals surface area contributed by atoms with Gasteiger partial charge in [-0.05, 0) is 19.9 Å². The third kappa shape index (κ3) is 5.92. The van der Waals surface area contributed by atoms with Gasteiger partial charge in [-0.3, -0.25) is 5.32 Å². The molecule has 8 heavy (non-hydrogen) atoms. The van der Waals surface area contributed by atoms with Gasteiger partial charge in [-0.15, -0.1) is 0 Å². The second kappa shape index (κ2) is 5.06. The van der Waals surface area contributed by atoms with Crippen LogP contribution in [0.5, 0.6) is 0 Å². The molecule has 0 aromatic heterocycles. The maximum atomic E-state index is 8.56. The third-order valence-electron chi connectivity index (χ3n) is 0.910. The molecule has 1 unspecified atom stereocenters. The Labute approximate surface area is 50.9 Å². The molecule has 0 spiro atoms. The van der Waals surface area contributed by atoms with Gasteiger partial charge in [-0.1, -0.05) is 13.3 Å². The summed E-state index contributed by atoms with van der Waals surface area (Å²) in [6, 6.07) is 0. The molecule has 49 valence electrons. The van der Waals surface area contributed by atoms with Gasteiger partial charge < -0.3 is 5.11 Å². The highest BCUT2D eigenvalue weighted by Gasteiger charge is 1.89. The average molecular weight is 116 g/mol. The standard InChI is InChI=1S/C6H14NO/c1-3-4-5-7-6(2)8/h6-8H,2-5H2,1H3. The molecule has 0 saturated heterocycles. The Kier molecular flexibility index (Phi) is 5.01. The largest absolute Gasteiger partial charge is 0.379 e. The first-order chi connectivity index (χ1) is 3.77. The molecule has 0 heterocycles. The molecule has 2 heteroatoms. The lowest BCUT2D eigenvalue weighted by atomic mass is 10.3. The normalized spacial score (nSPS) is 13.9. The maximum absolute atomic E-state index is 8.56. The van der Waals surface area contributed by atoms with Gasteiger partial charge in [-0.2, -0.15) is 0 Å². The number of aliphatic hydroxyl groups is 1. The molecular formula is C6H14NO. The third-order valence-corrected chi connectivity index (χ3v) is 0.910. The Morgan fingerprint density at radius 2 is 2.38 bits per heavy atom. The molecule has 2 N–H and O–H groups in total. The van der Waals surface area contributed by atoms with Crippen molar-refractivity contribution in [3.05, 3.63) is 6.92 Å². The van der Waals surface area contributed by atoms with Gasteiger partial charge in [-0.25, -0.2) is 0 Å². The van der Waals surface area contributed by atoms with Crippen molar-refractivity contribution in [1.29, 1.82) is 0 Å². The second-order valence-electron chi connectivity index (χ2n) is 1.82. The van der Waals surface area contributed by atoms with E-state index >= 15 is 0 Å². The van der Waals surface area contributed by atoms with Crippen LogP contribution in [0.15, 0.2) is 0 Å². The van der Waals surface area contributed by atoms with Crippen molar-refractivity contribution in [1.82, 2.24) is 5.32 Å². The number of rotatable bonds is 4. The number of unbranched alkanes of at least 4 members (excludes halogenated alkanes) is 1. The Morgan fingerprint density at radius 3 is 2.75 bits per heavy atom. The lowest BCUT2D eigenvalue weighted by molar-refractivity contribution is 0.182. The van der Waals surface area contributed by atoms with Gasteiger partial charge >= 0.3 is 0 Å². The highest BCUT2D eigenvalue weighted by atomic mass is 16.3. The molecule has 0 fully saturated rings. The van der Waals surface area contributed by atoms with Crippen molar-refractivity contribution in [3.63, 3.8) is 0 Å². The van der Waals surface area contributed by atoms with E-state index in [2.05, 4.69) is 19.2 Å². The summed E-state index contributed by atoms with van der Waals surface area (Å²) >= 11 is 0. The zero-order valence-electron chi connectivity index (χ0n) is 5.35. The summed E-state index contributed by atoms with van der Waals surface area (Å²) in [6.45, 7) is 6.33. The zero-order valence-corrected chi connectivity index (χ0v) is 5.35. The molecule has 0 saturated carbocycles. The summed E-state index contributed by atoms with van der Waals surface area (Å²) < 4.78 is 0. The topological polar surface area (TPSA) is 32.3 Å². The van der Waals surface area contributed by atoms with Crippen LogP contribution >= 0.6 is 0 Å². The summed E-state index contributed by atoms with van der Waals surface area (Å²) in [4.78, 5) is 0. The van der Waals surface area contributed by atoms with Crippen molar-refractivity contribution in [3.8, 4) is 0 Å². The molecule has 2 nitrogen and oxygen atoms in total. The molecule has 0 aromatic rings. The Balaban J connectivity index is 2.72. The molecule has 0 aliphatic rings. The van der Waals surface area contributed by atoms with E-state index in [0.717, 1.165) is 19.4 Å². The van der Waals surface area contributed by atoms with Gasteiger partial charge in [0.1, 0.15) is 6.23 Å². The molecule has 0 aromatic carbocycles. The summed E-state index contributed by atoms with van der Waals surface area (Å²) in [5.74, 6) is 0. The molecule has 0 rings (SSSR count). The van der Waals surface area contributed by atoms with Crippen LogP contribution in [-0.2, 0) is 0 Å². The fourth-order valence-corrected chi connectivity index (χ4v) is 0.445. The number of hydrogen-bond donors (Lipinski definition) is 2. The summed E-state index contributed by atoms with van der Waals surface area (Å²) in [5.41, 5.74) is 0. The van der Waals surface area contributed by atoms with Crippen molar-refractivity contribution in [2.45, 2.75) is 26.0 Å². The summed E-state index contributed by atoms with van der Waals surface area (Å²) in [5, 5.41) is 11.3. The predicted molar refractivity (Wildman–Crippen MR) is 34.3 cm³/mol. The summed E-state index contributed by atoms with van der Waals surface area (Å²) in [7, 11) is 0. The number of aliphatic hydroxyl groups excluding tert-OH is 1. The fraction of sp³-hybridized carbons (Fsp3) is 0.833. The van der Waals surface area contributed by atoms with E-state index in [0.29, 0.717) is 0 Å². The van der Waals surface area contributed by atoms with Crippen molar-refractivity contribution in [2.75, 3.05) is 6.54 Å². The van der Waals surface area contributed by atoms with E-state index < -0.39 is 6.23 Å². The van der Waals surface area contributed by atoms with Crippen molar-refractivity contribution >= 4 is 0 Å². The van der Waals surface area contributed by atoms with Gasteiger partial charge in [0, 0.05) is 0 Å². The second-order valence-corrected chi connectivity index (χ2v) is 1.82. The molecule has 0 aliphatic heterocycles. The highest BCUT2D eigenvalue weighted by Crippen LogP contribution is 1.82. The first-order valence-electron chi connectivity index (χ1n) is 3.02. The fourth-order valence-electron chi connectivity index (χ4n) is 0.445. The molecule has 0 bridgehead atoms. The van der Waals surface area contributed by atoms with Crippen LogP contribution < -0.4 is 5.32 Å². The van der Waals surface area contributed by atoms with Crippen LogP contribution in [0.1, 0.15) is 19.8 Å². The highest BCUT2D eigenvalue weighted by molar-refractivity contribution is 4.52. The first kappa shape index (κ1) is 7.92. The SMILES string of the molecule is [CH2]C(O)NCCCC. The van der Waals surface area contributed by atoms with Gasteiger partial charge in [0.2, 0.25) is 0 Å². The van der Waals surface area contributed by atoms with Crippen LogP contribution in [0.25, 0.3) is 0 Å². The van der Waals surface area contributed by atoms with Crippen LogP contribution in [0, 0.1) is 6.92 Å². The van der Waals surface area contributed by atoms with Crippen LogP contribution in [-0.4, -0.2) is 17.9 Å². The van der Waals surface area contributed by atoms with Crippen molar-refractivity contribution in [2.24, 2.45) is 0 Å². The van der Waals surface area contributed by atoms with Crippen molar-refractivity contribution < 1.29 is 5.11 Å². The summed E-state index contributed by atoms with van der Waals surface area (Å²) in [6.07, 6.45) is 1.66. The van der Waals surface area contributed by atoms with Gasteiger partial charge in [0.05, 0.1) is 0 Å². The van der Waals surface area contributed by atoms with Crippen LogP contribution in [0.4, 0.5) is 0 Å². The predicted octanol–water partition coefficient (Wildman–Crippen LogP) is 0.529. The minimum absolute atomic E-state index is 0.596. The minimum atomic E-state index is -0.596. The van der Waals surface area contributed by atoms with Gasteiger partial charge in [0.25, 0.3) is 0 Å². The van der Waals surface area contributed by atoms with E-state index in [-0.39, 0.29) is 0 Å². The van der Waals surface area contributed by atoms with Gasteiger partial charge in [0.15, 0.2) is 0 Å².